The van der Waals surface area contributed by atoms with Crippen LogP contribution in [0.15, 0.2) is 0 Å². The number of hydrogen-bond donors (Lipinski definition) is 2. The van der Waals surface area contributed by atoms with E-state index in [1.54, 1.807) is 0 Å². The lowest BCUT2D eigenvalue weighted by atomic mass is 9.75. The Hall–Kier alpha value is -0.610. The first kappa shape index (κ1) is 15.8. The van der Waals surface area contributed by atoms with Crippen molar-refractivity contribution in [3.8, 4) is 0 Å². The Labute approximate surface area is 123 Å². The second kappa shape index (κ2) is 6.90. The van der Waals surface area contributed by atoms with Crippen molar-refractivity contribution in [2.24, 2.45) is 11.3 Å². The topological polar surface area (TPSA) is 50.4 Å². The monoisotopic (exact) mass is 282 g/mol. The molecule has 2 atom stereocenters. The lowest BCUT2D eigenvalue weighted by Gasteiger charge is -2.35. The summed E-state index contributed by atoms with van der Waals surface area (Å²) < 4.78 is 5.49. The van der Waals surface area contributed by atoms with Crippen LogP contribution in [0.5, 0.6) is 0 Å². The fourth-order valence-electron chi connectivity index (χ4n) is 3.20. The first-order valence-corrected chi connectivity index (χ1v) is 8.13. The largest absolute Gasteiger partial charge is 0.379 e. The zero-order chi connectivity index (χ0) is 14.6. The van der Waals surface area contributed by atoms with Gasteiger partial charge in [0.25, 0.3) is 0 Å². The molecule has 0 aromatic carbocycles. The predicted molar refractivity (Wildman–Crippen MR) is 80.6 cm³/mol. The van der Waals surface area contributed by atoms with Crippen LogP contribution in [-0.2, 0) is 9.53 Å². The molecule has 1 amide bonds. The highest BCUT2D eigenvalue weighted by atomic mass is 16.5. The van der Waals surface area contributed by atoms with E-state index in [1.807, 2.05) is 0 Å². The Morgan fingerprint density at radius 1 is 1.25 bits per heavy atom. The molecule has 2 unspecified atom stereocenters. The minimum atomic E-state index is -0.0171. The molecule has 20 heavy (non-hydrogen) atoms. The van der Waals surface area contributed by atoms with E-state index < -0.39 is 0 Å². The molecule has 116 valence electrons. The summed E-state index contributed by atoms with van der Waals surface area (Å²) in [5.41, 5.74) is 0.447. The Morgan fingerprint density at radius 3 is 2.60 bits per heavy atom. The van der Waals surface area contributed by atoms with Crippen LogP contribution in [0.3, 0.4) is 0 Å². The molecule has 4 nitrogen and oxygen atoms in total. The van der Waals surface area contributed by atoms with Crippen LogP contribution >= 0.6 is 0 Å². The number of hydrogen-bond acceptors (Lipinski definition) is 3. The molecular weight excluding hydrogens is 252 g/mol. The van der Waals surface area contributed by atoms with Crippen molar-refractivity contribution in [3.05, 3.63) is 0 Å². The summed E-state index contributed by atoms with van der Waals surface area (Å²) in [6.45, 7) is 8.96. The maximum absolute atomic E-state index is 12.4. The van der Waals surface area contributed by atoms with E-state index in [0.717, 1.165) is 25.8 Å². The van der Waals surface area contributed by atoms with Gasteiger partial charge in [0.05, 0.1) is 19.1 Å². The molecule has 0 aromatic rings. The number of carbonyl (C=O) groups excluding carboxylic acids is 1. The van der Waals surface area contributed by atoms with Crippen LogP contribution in [0, 0.1) is 11.3 Å². The minimum Gasteiger partial charge on any atom is -0.379 e. The molecule has 1 saturated heterocycles. The van der Waals surface area contributed by atoms with Gasteiger partial charge in [-0.1, -0.05) is 20.8 Å². The van der Waals surface area contributed by atoms with Crippen molar-refractivity contribution in [1.29, 1.82) is 0 Å². The molecule has 0 aromatic heterocycles. The van der Waals surface area contributed by atoms with E-state index in [4.69, 9.17) is 4.74 Å². The summed E-state index contributed by atoms with van der Waals surface area (Å²) in [7, 11) is 0. The number of amides is 1. The second-order valence-electron chi connectivity index (χ2n) is 7.15. The van der Waals surface area contributed by atoms with Crippen LogP contribution in [0.2, 0.25) is 0 Å². The molecule has 0 radical (unpaired) electrons. The molecule has 2 aliphatic rings. The maximum atomic E-state index is 12.4. The van der Waals surface area contributed by atoms with Crippen molar-refractivity contribution < 1.29 is 9.53 Å². The predicted octanol–water partition coefficient (Wildman–Crippen LogP) is 2.09. The van der Waals surface area contributed by atoms with Gasteiger partial charge in [-0.2, -0.15) is 0 Å². The number of ether oxygens (including phenoxy) is 1. The van der Waals surface area contributed by atoms with Crippen molar-refractivity contribution in [2.75, 3.05) is 19.8 Å². The van der Waals surface area contributed by atoms with Gasteiger partial charge in [0, 0.05) is 12.1 Å². The fraction of sp³-hybridized carbons (Fsp3) is 0.938. The average Bonchev–Trinajstić information content (AvgIpc) is 2.87. The number of nitrogens with one attached hydrogen (secondary N) is 2. The molecule has 1 aliphatic heterocycles. The van der Waals surface area contributed by atoms with Crippen LogP contribution < -0.4 is 10.6 Å². The quantitative estimate of drug-likeness (QED) is 0.812. The van der Waals surface area contributed by atoms with Crippen molar-refractivity contribution in [1.82, 2.24) is 10.6 Å². The highest BCUT2D eigenvalue weighted by Gasteiger charge is 2.35. The summed E-state index contributed by atoms with van der Waals surface area (Å²) >= 11 is 0. The molecule has 1 aliphatic carbocycles. The Bertz CT molecular complexity index is 320. The number of carbonyl (C=O) groups is 1. The van der Waals surface area contributed by atoms with Crippen LogP contribution in [0.4, 0.5) is 0 Å². The third kappa shape index (κ3) is 4.19. The first-order valence-electron chi connectivity index (χ1n) is 8.13. The van der Waals surface area contributed by atoms with Crippen molar-refractivity contribution in [3.63, 3.8) is 0 Å². The van der Waals surface area contributed by atoms with Crippen molar-refractivity contribution in [2.45, 2.75) is 65.0 Å². The van der Waals surface area contributed by atoms with Crippen LogP contribution in [0.1, 0.15) is 52.9 Å². The van der Waals surface area contributed by atoms with Crippen LogP contribution in [0.25, 0.3) is 0 Å². The van der Waals surface area contributed by atoms with Gasteiger partial charge in [-0.3, -0.25) is 4.79 Å². The van der Waals surface area contributed by atoms with E-state index in [9.17, 15) is 4.79 Å². The van der Waals surface area contributed by atoms with Gasteiger partial charge in [0.1, 0.15) is 0 Å². The third-order valence-electron chi connectivity index (χ3n) is 4.76. The molecular formula is C16H30N2O2. The average molecular weight is 282 g/mol. The molecule has 0 spiro atoms. The lowest BCUT2D eigenvalue weighted by Crippen LogP contribution is -2.48. The van der Waals surface area contributed by atoms with Gasteiger partial charge >= 0.3 is 0 Å². The Balaban J connectivity index is 1.79. The molecule has 2 N–H and O–H groups in total. The van der Waals surface area contributed by atoms with Gasteiger partial charge in [-0.25, -0.2) is 0 Å². The summed E-state index contributed by atoms with van der Waals surface area (Å²) in [5.74, 6) is 0.164. The zero-order valence-corrected chi connectivity index (χ0v) is 13.2. The van der Waals surface area contributed by atoms with E-state index >= 15 is 0 Å². The molecule has 2 fully saturated rings. The van der Waals surface area contributed by atoms with E-state index in [0.29, 0.717) is 24.7 Å². The molecule has 4 heteroatoms. The van der Waals surface area contributed by atoms with Gasteiger partial charge in [-0.05, 0) is 44.1 Å². The van der Waals surface area contributed by atoms with E-state index in [1.165, 1.54) is 12.8 Å². The highest BCUT2D eigenvalue weighted by Crippen LogP contribution is 2.35. The third-order valence-corrected chi connectivity index (χ3v) is 4.76. The smallest absolute Gasteiger partial charge is 0.227 e. The summed E-state index contributed by atoms with van der Waals surface area (Å²) in [6.07, 6.45) is 5.72. The van der Waals surface area contributed by atoms with Gasteiger partial charge < -0.3 is 15.4 Å². The zero-order valence-electron chi connectivity index (χ0n) is 13.2. The summed E-state index contributed by atoms with van der Waals surface area (Å²) in [5, 5.41) is 6.67. The second-order valence-corrected chi connectivity index (χ2v) is 7.15. The van der Waals surface area contributed by atoms with Gasteiger partial charge in [0.15, 0.2) is 0 Å². The fourth-order valence-corrected chi connectivity index (χ4v) is 3.20. The van der Waals surface area contributed by atoms with Gasteiger partial charge in [-0.15, -0.1) is 0 Å². The normalized spacial score (nSPS) is 30.4. The van der Waals surface area contributed by atoms with Crippen molar-refractivity contribution >= 4 is 5.91 Å². The first-order chi connectivity index (χ1) is 9.52. The molecule has 0 bridgehead atoms. The minimum absolute atomic E-state index is 0.0171. The summed E-state index contributed by atoms with van der Waals surface area (Å²) in [6, 6.07) is 0.554. The van der Waals surface area contributed by atoms with E-state index in [2.05, 4.69) is 31.4 Å². The summed E-state index contributed by atoms with van der Waals surface area (Å²) in [4.78, 5) is 12.4. The molecule has 1 heterocycles. The molecule has 1 saturated carbocycles. The van der Waals surface area contributed by atoms with E-state index in [-0.39, 0.29) is 17.9 Å². The Kier molecular flexibility index (Phi) is 5.44. The maximum Gasteiger partial charge on any atom is 0.227 e. The SMILES string of the molecule is CCCNC1COCC1C(=O)NC1CCC(C)(C)CC1. The Morgan fingerprint density at radius 2 is 1.95 bits per heavy atom. The standard InChI is InChI=1S/C16H30N2O2/c1-4-9-17-14-11-20-10-13(14)15(19)18-12-5-7-16(2,3)8-6-12/h12-14,17H,4-11H2,1-3H3,(H,18,19). The highest BCUT2D eigenvalue weighted by molar-refractivity contribution is 5.80. The van der Waals surface area contributed by atoms with Crippen LogP contribution in [-0.4, -0.2) is 37.7 Å². The number of rotatable bonds is 5. The molecule has 2 rings (SSSR count). The lowest BCUT2D eigenvalue weighted by molar-refractivity contribution is -0.126. The van der Waals surface area contributed by atoms with Gasteiger partial charge in [0.2, 0.25) is 5.91 Å².